The number of hydrogen-bond acceptors (Lipinski definition) is 2. The fourth-order valence-electron chi connectivity index (χ4n) is 4.01. The van der Waals surface area contributed by atoms with Gasteiger partial charge in [0.2, 0.25) is 0 Å². The molecule has 33 heavy (non-hydrogen) atoms. The van der Waals surface area contributed by atoms with Gasteiger partial charge in [-0.3, -0.25) is 0 Å². The first-order valence-electron chi connectivity index (χ1n) is 11.0. The Kier molecular flexibility index (Phi) is 6.05. The van der Waals surface area contributed by atoms with E-state index in [0.717, 1.165) is 11.1 Å². The zero-order valence-corrected chi connectivity index (χ0v) is 18.2. The van der Waals surface area contributed by atoms with Crippen molar-refractivity contribution in [2.24, 2.45) is 0 Å². The first kappa shape index (κ1) is 20.8. The van der Waals surface area contributed by atoms with E-state index in [4.69, 9.17) is 9.68 Å². The van der Waals surface area contributed by atoms with Crippen LogP contribution in [0.4, 0.5) is 0 Å². The van der Waals surface area contributed by atoms with Crippen molar-refractivity contribution in [2.45, 2.75) is 0 Å². The fraction of sp³-hybridized carbons (Fsp3) is 0. The fourth-order valence-corrected chi connectivity index (χ4v) is 4.01. The molecule has 1 N–H and O–H groups in total. The molecule has 3 heteroatoms. The van der Waals surface area contributed by atoms with E-state index in [9.17, 15) is 0 Å². The van der Waals surface area contributed by atoms with Gasteiger partial charge in [-0.05, 0) is 56.6 Å². The van der Waals surface area contributed by atoms with Gasteiger partial charge in [0.1, 0.15) is 5.75 Å². The second-order valence-electron chi connectivity index (χ2n) is 7.90. The lowest BCUT2D eigenvalue weighted by Crippen LogP contribution is -1.99. The minimum absolute atomic E-state index is 0.314. The third-order valence-electron chi connectivity index (χ3n) is 5.85. The summed E-state index contributed by atoms with van der Waals surface area (Å²) in [5, 5.41) is 8.86. The predicted molar refractivity (Wildman–Crippen MR) is 138 cm³/mol. The van der Waals surface area contributed by atoms with Gasteiger partial charge < -0.3 is 9.68 Å². The summed E-state index contributed by atoms with van der Waals surface area (Å²) in [7, 11) is -0.314. The van der Waals surface area contributed by atoms with Gasteiger partial charge in [-0.1, -0.05) is 115 Å². The van der Waals surface area contributed by atoms with E-state index in [0.29, 0.717) is 5.75 Å². The maximum absolute atomic E-state index is 8.86. The Labute approximate surface area is 195 Å². The lowest BCUT2D eigenvalue weighted by molar-refractivity contribution is 0.454. The van der Waals surface area contributed by atoms with E-state index in [-0.39, 0.29) is 7.69 Å². The summed E-state index contributed by atoms with van der Waals surface area (Å²) < 4.78 is 5.10. The molecule has 0 radical (unpaired) electrons. The van der Waals surface area contributed by atoms with Crippen molar-refractivity contribution < 1.29 is 9.68 Å². The van der Waals surface area contributed by atoms with E-state index in [1.807, 2.05) is 30.3 Å². The molecule has 0 aliphatic rings. The second-order valence-corrected chi connectivity index (χ2v) is 7.90. The minimum atomic E-state index is -0.314. The molecule has 0 aliphatic carbocycles. The molecular formula is C30H23BO2. The van der Waals surface area contributed by atoms with Gasteiger partial charge in [0.25, 0.3) is 0 Å². The Hall–Kier alpha value is -4.08. The molecule has 0 heterocycles. The van der Waals surface area contributed by atoms with E-state index in [2.05, 4.69) is 97.1 Å². The van der Waals surface area contributed by atoms with Crippen molar-refractivity contribution in [3.63, 3.8) is 0 Å². The standard InChI is InChI=1S/C30H23BO2/c32-31-33-30-20-18-29(19-21-30)28-16-14-27(15-17-28)26-12-10-25(11-13-26)24-8-6-23(7-9-24)22-4-2-1-3-5-22/h1-21,31-32H. The van der Waals surface area contributed by atoms with E-state index in [1.54, 1.807) is 0 Å². The molecule has 5 aromatic rings. The minimum Gasteiger partial charge on any atom is -0.539 e. The molecule has 5 rings (SSSR count). The molecular weight excluding hydrogens is 403 g/mol. The van der Waals surface area contributed by atoms with Crippen molar-refractivity contribution in [3.05, 3.63) is 127 Å². The molecule has 0 spiro atoms. The zero-order chi connectivity index (χ0) is 22.5. The molecule has 5 aromatic carbocycles. The van der Waals surface area contributed by atoms with Gasteiger partial charge in [-0.25, -0.2) is 0 Å². The summed E-state index contributed by atoms with van der Waals surface area (Å²) >= 11 is 0. The van der Waals surface area contributed by atoms with Crippen molar-refractivity contribution in [3.8, 4) is 50.3 Å². The Bertz CT molecular complexity index is 1310. The largest absolute Gasteiger partial charge is 0.539 e. The van der Waals surface area contributed by atoms with Crippen molar-refractivity contribution in [1.29, 1.82) is 0 Å². The van der Waals surface area contributed by atoms with Crippen LogP contribution in [0.5, 0.6) is 5.75 Å². The van der Waals surface area contributed by atoms with E-state index >= 15 is 0 Å². The summed E-state index contributed by atoms with van der Waals surface area (Å²) in [5.74, 6) is 0.660. The van der Waals surface area contributed by atoms with Crippen LogP contribution in [0.15, 0.2) is 127 Å². The molecule has 0 unspecified atom stereocenters. The first-order valence-corrected chi connectivity index (χ1v) is 11.0. The highest BCUT2D eigenvalue weighted by atomic mass is 16.5. The van der Waals surface area contributed by atoms with Crippen LogP contribution in [0, 0.1) is 0 Å². The average molecular weight is 426 g/mol. The SMILES string of the molecule is OBOc1ccc(-c2ccc(-c3ccc(-c4ccc(-c5ccccc5)cc4)cc3)cc2)cc1. The molecule has 0 aliphatic heterocycles. The quantitative estimate of drug-likeness (QED) is 0.297. The van der Waals surface area contributed by atoms with Crippen molar-refractivity contribution in [1.82, 2.24) is 0 Å². The third-order valence-corrected chi connectivity index (χ3v) is 5.85. The maximum Gasteiger partial charge on any atom is 0.504 e. The number of hydrogen-bond donors (Lipinski definition) is 1. The van der Waals surface area contributed by atoms with Crippen LogP contribution in [-0.2, 0) is 0 Å². The summed E-state index contributed by atoms with van der Waals surface area (Å²) in [6.45, 7) is 0. The Morgan fingerprint density at radius 2 is 0.636 bits per heavy atom. The number of rotatable bonds is 6. The topological polar surface area (TPSA) is 29.5 Å². The monoisotopic (exact) mass is 426 g/mol. The highest BCUT2D eigenvalue weighted by Crippen LogP contribution is 2.29. The summed E-state index contributed by atoms with van der Waals surface area (Å²) in [6.07, 6.45) is 0. The molecule has 0 fully saturated rings. The molecule has 0 saturated carbocycles. The van der Waals surface area contributed by atoms with E-state index in [1.165, 1.54) is 33.4 Å². The Morgan fingerprint density at radius 1 is 0.364 bits per heavy atom. The maximum atomic E-state index is 8.86. The van der Waals surface area contributed by atoms with Crippen LogP contribution in [-0.4, -0.2) is 12.7 Å². The third kappa shape index (κ3) is 4.74. The Balaban J connectivity index is 1.31. The molecule has 0 atom stereocenters. The average Bonchev–Trinajstić information content (AvgIpc) is 2.90. The van der Waals surface area contributed by atoms with Crippen molar-refractivity contribution in [2.75, 3.05) is 0 Å². The van der Waals surface area contributed by atoms with Gasteiger partial charge in [-0.15, -0.1) is 0 Å². The van der Waals surface area contributed by atoms with Crippen LogP contribution in [0.25, 0.3) is 44.5 Å². The van der Waals surface area contributed by atoms with Gasteiger partial charge in [-0.2, -0.15) is 0 Å². The van der Waals surface area contributed by atoms with Crippen molar-refractivity contribution >= 4 is 7.69 Å². The van der Waals surface area contributed by atoms with Crippen LogP contribution in [0.2, 0.25) is 0 Å². The van der Waals surface area contributed by atoms with Crippen LogP contribution >= 0.6 is 0 Å². The van der Waals surface area contributed by atoms with Crippen LogP contribution < -0.4 is 4.65 Å². The normalized spacial score (nSPS) is 10.6. The molecule has 2 nitrogen and oxygen atoms in total. The molecule has 0 bridgehead atoms. The smallest absolute Gasteiger partial charge is 0.504 e. The molecule has 0 saturated heterocycles. The van der Waals surface area contributed by atoms with Gasteiger partial charge in [0.15, 0.2) is 0 Å². The molecule has 0 aromatic heterocycles. The predicted octanol–water partition coefficient (Wildman–Crippen LogP) is 6.99. The molecule has 0 amide bonds. The van der Waals surface area contributed by atoms with Gasteiger partial charge in [0.05, 0.1) is 0 Å². The highest BCUT2D eigenvalue weighted by molar-refractivity contribution is 6.17. The number of benzene rings is 5. The van der Waals surface area contributed by atoms with Gasteiger partial charge in [0, 0.05) is 0 Å². The Morgan fingerprint density at radius 3 is 0.939 bits per heavy atom. The van der Waals surface area contributed by atoms with Crippen LogP contribution in [0.1, 0.15) is 0 Å². The second kappa shape index (κ2) is 9.60. The lowest BCUT2D eigenvalue weighted by Gasteiger charge is -2.08. The first-order chi connectivity index (χ1) is 16.3. The summed E-state index contributed by atoms with van der Waals surface area (Å²) in [4.78, 5) is 0. The lowest BCUT2D eigenvalue weighted by atomic mass is 9.97. The molecule has 158 valence electrons. The van der Waals surface area contributed by atoms with Crippen LogP contribution in [0.3, 0.4) is 0 Å². The zero-order valence-electron chi connectivity index (χ0n) is 18.2. The summed E-state index contributed by atoms with van der Waals surface area (Å²) in [6, 6.07) is 44.2. The summed E-state index contributed by atoms with van der Waals surface area (Å²) in [5.41, 5.74) is 9.52. The van der Waals surface area contributed by atoms with Gasteiger partial charge >= 0.3 is 7.69 Å². The highest BCUT2D eigenvalue weighted by Gasteiger charge is 2.04. The van der Waals surface area contributed by atoms with E-state index < -0.39 is 0 Å².